The Morgan fingerprint density at radius 1 is 1.03 bits per heavy atom. The molecule has 0 saturated heterocycles. The van der Waals surface area contributed by atoms with E-state index in [0.717, 1.165) is 24.3 Å². The van der Waals surface area contributed by atoms with Crippen LogP contribution in [0.15, 0.2) is 60.8 Å². The van der Waals surface area contributed by atoms with Crippen LogP contribution in [0.3, 0.4) is 0 Å². The van der Waals surface area contributed by atoms with E-state index in [-0.39, 0.29) is 22.8 Å². The average molecular weight is 455 g/mol. The maximum Gasteiger partial charge on any atom is 0.257 e. The van der Waals surface area contributed by atoms with E-state index in [9.17, 15) is 4.79 Å². The van der Waals surface area contributed by atoms with E-state index in [2.05, 4.69) is 39.6 Å². The number of carbonyl (C=O) groups is 1. The lowest BCUT2D eigenvalue weighted by Gasteiger charge is -2.05. The highest BCUT2D eigenvalue weighted by Crippen LogP contribution is 2.24. The smallest absolute Gasteiger partial charge is 0.257 e. The summed E-state index contributed by atoms with van der Waals surface area (Å²) in [4.78, 5) is 12.9. The van der Waals surface area contributed by atoms with E-state index in [1.165, 1.54) is 36.3 Å². The first-order valence-corrected chi connectivity index (χ1v) is 10.2. The predicted molar refractivity (Wildman–Crippen MR) is 110 cm³/mol. The number of Topliss-reactive ketones (excluding diaryl/α,β-unsaturated/α-hetero) is 1. The molecule has 0 radical (unpaired) electrons. The minimum atomic E-state index is 0. The van der Waals surface area contributed by atoms with Crippen LogP contribution in [-0.4, -0.2) is 17.0 Å². The summed E-state index contributed by atoms with van der Waals surface area (Å²) in [5.74, 6) is 2.19. The molecule has 2 heterocycles. The zero-order valence-electron chi connectivity index (χ0n) is 16.8. The lowest BCUT2D eigenvalue weighted by Crippen LogP contribution is -3.00. The first-order valence-electron chi connectivity index (χ1n) is 10.2. The van der Waals surface area contributed by atoms with Crippen molar-refractivity contribution in [3.8, 4) is 17.0 Å². The molecule has 0 unspecified atom stereocenters. The molecule has 1 aromatic heterocycles. The SMILES string of the molecule is CCOc1ccc(C(=O)C[n+]2cc(-c3ccccc3)n3c2CCCCC3)cc1.[Br-]. The van der Waals surface area contributed by atoms with Crippen LogP contribution < -0.4 is 26.3 Å². The number of ketones is 1. The molecule has 4 nitrogen and oxygen atoms in total. The lowest BCUT2D eigenvalue weighted by molar-refractivity contribution is -0.690. The lowest BCUT2D eigenvalue weighted by atomic mass is 10.1. The first kappa shape index (κ1) is 21.3. The van der Waals surface area contributed by atoms with Gasteiger partial charge in [0.15, 0.2) is 12.2 Å². The number of hydrogen-bond donors (Lipinski definition) is 0. The van der Waals surface area contributed by atoms with Crippen molar-refractivity contribution in [2.24, 2.45) is 0 Å². The van der Waals surface area contributed by atoms with Gasteiger partial charge in [0.05, 0.1) is 13.2 Å². The second kappa shape index (κ2) is 9.88. The molecule has 0 N–H and O–H groups in total. The number of fused-ring (bicyclic) bond motifs is 1. The maximum atomic E-state index is 12.9. The fraction of sp³-hybridized carbons (Fsp3) is 0.333. The van der Waals surface area contributed by atoms with Gasteiger partial charge in [0.1, 0.15) is 11.9 Å². The van der Waals surface area contributed by atoms with Crippen LogP contribution in [0.1, 0.15) is 42.4 Å². The first-order chi connectivity index (χ1) is 13.8. The fourth-order valence-electron chi connectivity index (χ4n) is 3.97. The Labute approximate surface area is 182 Å². The van der Waals surface area contributed by atoms with Gasteiger partial charge in [-0.25, -0.2) is 9.13 Å². The van der Waals surface area contributed by atoms with Crippen LogP contribution in [0, 0.1) is 0 Å². The molecule has 152 valence electrons. The molecule has 29 heavy (non-hydrogen) atoms. The van der Waals surface area contributed by atoms with Crippen molar-refractivity contribution in [2.75, 3.05) is 6.61 Å². The number of hydrogen-bond acceptors (Lipinski definition) is 2. The van der Waals surface area contributed by atoms with E-state index in [1.807, 2.05) is 37.3 Å². The number of imidazole rings is 1. The monoisotopic (exact) mass is 454 g/mol. The Morgan fingerprint density at radius 3 is 2.52 bits per heavy atom. The fourth-order valence-corrected chi connectivity index (χ4v) is 3.97. The Balaban J connectivity index is 0.00000240. The van der Waals surface area contributed by atoms with Gasteiger partial charge in [-0.15, -0.1) is 0 Å². The zero-order chi connectivity index (χ0) is 19.3. The van der Waals surface area contributed by atoms with E-state index in [0.29, 0.717) is 13.2 Å². The highest BCUT2D eigenvalue weighted by molar-refractivity contribution is 5.95. The molecule has 0 atom stereocenters. The highest BCUT2D eigenvalue weighted by Gasteiger charge is 2.27. The topological polar surface area (TPSA) is 35.1 Å². The van der Waals surface area contributed by atoms with Crippen LogP contribution >= 0.6 is 0 Å². The molecule has 0 fully saturated rings. The molecule has 3 aromatic rings. The second-order valence-corrected chi connectivity index (χ2v) is 7.27. The number of carbonyl (C=O) groups excluding carboxylic acids is 1. The quantitative estimate of drug-likeness (QED) is 0.417. The van der Waals surface area contributed by atoms with Crippen molar-refractivity contribution in [3.63, 3.8) is 0 Å². The summed E-state index contributed by atoms with van der Waals surface area (Å²) in [6, 6.07) is 17.9. The third-order valence-electron chi connectivity index (χ3n) is 5.36. The molecular formula is C24H27BrN2O2. The van der Waals surface area contributed by atoms with E-state index < -0.39 is 0 Å². The summed E-state index contributed by atoms with van der Waals surface area (Å²) in [6.07, 6.45) is 6.78. The van der Waals surface area contributed by atoms with E-state index >= 15 is 0 Å². The minimum Gasteiger partial charge on any atom is -1.00 e. The zero-order valence-corrected chi connectivity index (χ0v) is 18.4. The molecule has 5 heteroatoms. The van der Waals surface area contributed by atoms with Gasteiger partial charge in [-0.05, 0) is 50.5 Å². The molecular weight excluding hydrogens is 428 g/mol. The molecule has 0 spiro atoms. The molecule has 1 aliphatic rings. The summed E-state index contributed by atoms with van der Waals surface area (Å²) in [6.45, 7) is 3.97. The number of ether oxygens (including phenoxy) is 1. The second-order valence-electron chi connectivity index (χ2n) is 7.27. The molecule has 0 bridgehead atoms. The predicted octanol–water partition coefficient (Wildman–Crippen LogP) is 1.45. The molecule has 0 aliphatic carbocycles. The summed E-state index contributed by atoms with van der Waals surface area (Å²) < 4.78 is 10.0. The average Bonchev–Trinajstić information content (AvgIpc) is 2.90. The number of rotatable bonds is 6. The van der Waals surface area contributed by atoms with Gasteiger partial charge in [-0.3, -0.25) is 4.79 Å². The van der Waals surface area contributed by atoms with Crippen molar-refractivity contribution < 1.29 is 31.1 Å². The molecule has 1 aliphatic heterocycles. The van der Waals surface area contributed by atoms with Gasteiger partial charge in [0, 0.05) is 17.5 Å². The highest BCUT2D eigenvalue weighted by atomic mass is 79.9. The van der Waals surface area contributed by atoms with Gasteiger partial charge in [0.2, 0.25) is 5.78 Å². The Kier molecular flexibility index (Phi) is 7.26. The molecule has 0 saturated carbocycles. The third kappa shape index (κ3) is 4.78. The maximum absolute atomic E-state index is 12.9. The molecule has 4 rings (SSSR count). The Morgan fingerprint density at radius 2 is 1.79 bits per heavy atom. The normalized spacial score (nSPS) is 13.1. The number of benzene rings is 2. The van der Waals surface area contributed by atoms with E-state index in [4.69, 9.17) is 4.74 Å². The van der Waals surface area contributed by atoms with Crippen molar-refractivity contribution in [1.82, 2.24) is 4.57 Å². The van der Waals surface area contributed by atoms with Crippen molar-refractivity contribution in [2.45, 2.75) is 45.7 Å². The summed E-state index contributed by atoms with van der Waals surface area (Å²) >= 11 is 0. The number of nitrogens with zero attached hydrogens (tertiary/aromatic N) is 2. The van der Waals surface area contributed by atoms with Gasteiger partial charge in [-0.2, -0.15) is 0 Å². The Hall–Kier alpha value is -2.40. The minimum absolute atomic E-state index is 0. The van der Waals surface area contributed by atoms with Crippen LogP contribution in [-0.2, 0) is 19.5 Å². The summed E-state index contributed by atoms with van der Waals surface area (Å²) in [5, 5.41) is 0. The van der Waals surface area contributed by atoms with Crippen LogP contribution in [0.5, 0.6) is 5.75 Å². The molecule has 0 amide bonds. The largest absolute Gasteiger partial charge is 1.00 e. The van der Waals surface area contributed by atoms with E-state index in [1.54, 1.807) is 0 Å². The van der Waals surface area contributed by atoms with Crippen LogP contribution in [0.2, 0.25) is 0 Å². The van der Waals surface area contributed by atoms with Crippen LogP contribution in [0.25, 0.3) is 11.3 Å². The van der Waals surface area contributed by atoms with Crippen LogP contribution in [0.4, 0.5) is 0 Å². The van der Waals surface area contributed by atoms with Crippen molar-refractivity contribution in [3.05, 3.63) is 72.2 Å². The van der Waals surface area contributed by atoms with Gasteiger partial charge in [0.25, 0.3) is 5.82 Å². The summed E-state index contributed by atoms with van der Waals surface area (Å²) in [7, 11) is 0. The number of halogens is 1. The Bertz CT molecular complexity index is 949. The van der Waals surface area contributed by atoms with Gasteiger partial charge < -0.3 is 21.7 Å². The van der Waals surface area contributed by atoms with Crippen molar-refractivity contribution in [1.29, 1.82) is 0 Å². The third-order valence-corrected chi connectivity index (χ3v) is 5.36. The number of aromatic nitrogens is 2. The van der Waals surface area contributed by atoms with Crippen molar-refractivity contribution >= 4 is 5.78 Å². The standard InChI is InChI=1S/C24H27N2O2.BrH/c1-2-28-21-14-12-20(13-15-21)23(27)18-25-17-22(19-9-5-3-6-10-19)26-16-8-4-7-11-24(25)26;/h3,5-6,9-10,12-15,17H,2,4,7-8,11,16,18H2,1H3;1H/q+1;/p-1. The molecule has 2 aromatic carbocycles. The van der Waals surface area contributed by atoms with Gasteiger partial charge in [-0.1, -0.05) is 30.3 Å². The van der Waals surface area contributed by atoms with Gasteiger partial charge >= 0.3 is 0 Å². The summed E-state index contributed by atoms with van der Waals surface area (Å²) in [5.41, 5.74) is 3.14.